The maximum absolute atomic E-state index is 13.2. The molecule has 1 saturated heterocycles. The Morgan fingerprint density at radius 2 is 1.69 bits per heavy atom. The first kappa shape index (κ1) is 19.0. The van der Waals surface area contributed by atoms with Crippen LogP contribution < -0.4 is 9.64 Å². The maximum Gasteiger partial charge on any atom is 0.259 e. The van der Waals surface area contributed by atoms with Gasteiger partial charge in [-0.2, -0.15) is 0 Å². The lowest BCUT2D eigenvalue weighted by Crippen LogP contribution is -2.49. The van der Waals surface area contributed by atoms with Gasteiger partial charge < -0.3 is 19.1 Å². The summed E-state index contributed by atoms with van der Waals surface area (Å²) in [5, 5.41) is 4.04. The third-order valence-corrected chi connectivity index (χ3v) is 5.20. The van der Waals surface area contributed by atoms with E-state index in [0.717, 1.165) is 24.5 Å². The van der Waals surface area contributed by atoms with E-state index in [0.29, 0.717) is 35.7 Å². The van der Waals surface area contributed by atoms with Crippen LogP contribution >= 0.6 is 0 Å². The third kappa shape index (κ3) is 3.81. The second-order valence-corrected chi connectivity index (χ2v) is 6.95. The van der Waals surface area contributed by atoms with Gasteiger partial charge in [-0.3, -0.25) is 4.79 Å². The quantitative estimate of drug-likeness (QED) is 0.673. The summed E-state index contributed by atoms with van der Waals surface area (Å²) in [6.45, 7) is 4.38. The number of amides is 1. The zero-order chi connectivity index (χ0) is 20.4. The van der Waals surface area contributed by atoms with Crippen LogP contribution in [0.15, 0.2) is 53.1 Å². The van der Waals surface area contributed by atoms with Gasteiger partial charge in [-0.25, -0.2) is 4.39 Å². The van der Waals surface area contributed by atoms with E-state index in [4.69, 9.17) is 9.26 Å². The predicted molar refractivity (Wildman–Crippen MR) is 108 cm³/mol. The molecule has 0 spiro atoms. The second kappa shape index (κ2) is 7.95. The highest BCUT2D eigenvalue weighted by Gasteiger charge is 2.28. The van der Waals surface area contributed by atoms with Crippen LogP contribution in [0.1, 0.15) is 16.1 Å². The van der Waals surface area contributed by atoms with Crippen molar-refractivity contribution < 1.29 is 18.4 Å². The van der Waals surface area contributed by atoms with Crippen molar-refractivity contribution in [2.75, 3.05) is 38.2 Å². The minimum Gasteiger partial charge on any atom is -0.497 e. The zero-order valence-electron chi connectivity index (χ0n) is 16.4. The van der Waals surface area contributed by atoms with Crippen molar-refractivity contribution in [2.24, 2.45) is 0 Å². The fourth-order valence-electron chi connectivity index (χ4n) is 3.55. The molecule has 0 atom stereocenters. The first-order valence-corrected chi connectivity index (χ1v) is 9.47. The van der Waals surface area contributed by atoms with Gasteiger partial charge in [-0.15, -0.1) is 0 Å². The van der Waals surface area contributed by atoms with Gasteiger partial charge in [0, 0.05) is 37.4 Å². The summed E-state index contributed by atoms with van der Waals surface area (Å²) >= 11 is 0. The third-order valence-electron chi connectivity index (χ3n) is 5.20. The average Bonchev–Trinajstić information content (AvgIpc) is 3.15. The van der Waals surface area contributed by atoms with Crippen LogP contribution in [0.25, 0.3) is 11.3 Å². The van der Waals surface area contributed by atoms with Gasteiger partial charge >= 0.3 is 0 Å². The van der Waals surface area contributed by atoms with Gasteiger partial charge in [-0.05, 0) is 55.5 Å². The van der Waals surface area contributed by atoms with Gasteiger partial charge in [0.2, 0.25) is 0 Å². The second-order valence-electron chi connectivity index (χ2n) is 6.95. The van der Waals surface area contributed by atoms with Gasteiger partial charge in [0.25, 0.3) is 5.91 Å². The number of anilines is 1. The summed E-state index contributed by atoms with van der Waals surface area (Å²) in [7, 11) is 1.65. The van der Waals surface area contributed by atoms with E-state index in [-0.39, 0.29) is 11.7 Å². The van der Waals surface area contributed by atoms with Crippen LogP contribution in [-0.4, -0.2) is 49.3 Å². The number of hydrogen-bond acceptors (Lipinski definition) is 5. The molecular formula is C22H22FN3O3. The lowest BCUT2D eigenvalue weighted by atomic mass is 10.0. The smallest absolute Gasteiger partial charge is 0.259 e. The van der Waals surface area contributed by atoms with Crippen LogP contribution in [-0.2, 0) is 0 Å². The topological polar surface area (TPSA) is 58.8 Å². The minimum atomic E-state index is -0.337. The van der Waals surface area contributed by atoms with E-state index in [1.165, 1.54) is 12.1 Å². The number of aryl methyl sites for hydroxylation is 1. The molecule has 0 N–H and O–H groups in total. The molecule has 6 nitrogen and oxygen atoms in total. The Kier molecular flexibility index (Phi) is 5.20. The Balaban J connectivity index is 1.49. The van der Waals surface area contributed by atoms with Crippen LogP contribution in [0, 0.1) is 12.7 Å². The molecule has 0 unspecified atom stereocenters. The molecule has 2 aromatic carbocycles. The first-order valence-electron chi connectivity index (χ1n) is 9.47. The summed E-state index contributed by atoms with van der Waals surface area (Å²) in [6.07, 6.45) is 0. The average molecular weight is 395 g/mol. The van der Waals surface area contributed by atoms with Crippen LogP contribution in [0.3, 0.4) is 0 Å². The summed E-state index contributed by atoms with van der Waals surface area (Å²) in [6, 6.07) is 13.8. The molecule has 1 fully saturated rings. The number of ether oxygens (including phenoxy) is 1. The number of carbonyl (C=O) groups is 1. The van der Waals surface area contributed by atoms with Crippen molar-refractivity contribution in [1.29, 1.82) is 0 Å². The molecule has 1 aliphatic heterocycles. The Labute approximate surface area is 168 Å². The SMILES string of the molecule is COc1ccc(N2CCN(C(=O)c3c(-c4ccc(F)cc4)noc3C)CC2)cc1. The molecule has 4 rings (SSSR count). The number of benzene rings is 2. The zero-order valence-corrected chi connectivity index (χ0v) is 16.4. The van der Waals surface area contributed by atoms with Crippen LogP contribution in [0.2, 0.25) is 0 Å². The van der Waals surface area contributed by atoms with E-state index in [1.807, 2.05) is 29.2 Å². The summed E-state index contributed by atoms with van der Waals surface area (Å²) in [4.78, 5) is 17.2. The number of methoxy groups -OCH3 is 1. The van der Waals surface area contributed by atoms with Crippen LogP contribution in [0.4, 0.5) is 10.1 Å². The monoisotopic (exact) mass is 395 g/mol. The van der Waals surface area contributed by atoms with E-state index in [1.54, 1.807) is 26.2 Å². The standard InChI is InChI=1S/C22H22FN3O3/c1-15-20(21(24-29-15)16-3-5-17(23)6-4-16)22(27)26-13-11-25(12-14-26)18-7-9-19(28-2)10-8-18/h3-10H,11-14H2,1-2H3. The number of halogens is 1. The molecule has 0 radical (unpaired) electrons. The lowest BCUT2D eigenvalue weighted by Gasteiger charge is -2.36. The molecule has 3 aromatic rings. The van der Waals surface area contributed by atoms with E-state index in [9.17, 15) is 9.18 Å². The van der Waals surface area contributed by atoms with Crippen molar-refractivity contribution in [3.8, 4) is 17.0 Å². The molecule has 1 aromatic heterocycles. The predicted octanol–water partition coefficient (Wildman–Crippen LogP) is 3.76. The molecule has 1 aliphatic rings. The number of nitrogens with zero attached hydrogens (tertiary/aromatic N) is 3. The number of carbonyl (C=O) groups excluding carboxylic acids is 1. The molecule has 0 aliphatic carbocycles. The normalized spacial score (nSPS) is 14.2. The van der Waals surface area contributed by atoms with Crippen molar-refractivity contribution in [2.45, 2.75) is 6.92 Å². The largest absolute Gasteiger partial charge is 0.497 e. The van der Waals surface area contributed by atoms with Crippen LogP contribution in [0.5, 0.6) is 5.75 Å². The van der Waals surface area contributed by atoms with Crippen molar-refractivity contribution in [1.82, 2.24) is 10.1 Å². The molecular weight excluding hydrogens is 373 g/mol. The van der Waals surface area contributed by atoms with Crippen molar-refractivity contribution >= 4 is 11.6 Å². The van der Waals surface area contributed by atoms with Crippen molar-refractivity contribution in [3.63, 3.8) is 0 Å². The van der Waals surface area contributed by atoms with Crippen molar-refractivity contribution in [3.05, 3.63) is 65.7 Å². The number of rotatable bonds is 4. The fourth-order valence-corrected chi connectivity index (χ4v) is 3.55. The molecule has 29 heavy (non-hydrogen) atoms. The summed E-state index contributed by atoms with van der Waals surface area (Å²) in [5.74, 6) is 0.833. The molecule has 7 heteroatoms. The molecule has 2 heterocycles. The van der Waals surface area contributed by atoms with E-state index < -0.39 is 0 Å². The molecule has 0 saturated carbocycles. The Morgan fingerprint density at radius 3 is 2.31 bits per heavy atom. The summed E-state index contributed by atoms with van der Waals surface area (Å²) in [5.41, 5.74) is 2.65. The van der Waals surface area contributed by atoms with Gasteiger partial charge in [0.1, 0.15) is 28.6 Å². The Hall–Kier alpha value is -3.35. The molecule has 0 bridgehead atoms. The van der Waals surface area contributed by atoms with Gasteiger partial charge in [0.05, 0.1) is 7.11 Å². The highest BCUT2D eigenvalue weighted by Crippen LogP contribution is 2.28. The number of piperazine rings is 1. The Morgan fingerprint density at radius 1 is 1.03 bits per heavy atom. The number of aromatic nitrogens is 1. The van der Waals surface area contributed by atoms with E-state index in [2.05, 4.69) is 10.1 Å². The lowest BCUT2D eigenvalue weighted by molar-refractivity contribution is 0.0745. The highest BCUT2D eigenvalue weighted by molar-refractivity contribution is 6.00. The number of hydrogen-bond donors (Lipinski definition) is 0. The molecule has 150 valence electrons. The fraction of sp³-hybridized carbons (Fsp3) is 0.273. The van der Waals surface area contributed by atoms with E-state index >= 15 is 0 Å². The van der Waals surface area contributed by atoms with Gasteiger partial charge in [0.15, 0.2) is 0 Å². The highest BCUT2D eigenvalue weighted by atomic mass is 19.1. The molecule has 1 amide bonds. The van der Waals surface area contributed by atoms with Gasteiger partial charge in [-0.1, -0.05) is 5.16 Å². The maximum atomic E-state index is 13.2. The summed E-state index contributed by atoms with van der Waals surface area (Å²) < 4.78 is 23.7. The first-order chi connectivity index (χ1) is 14.1. The minimum absolute atomic E-state index is 0.113. The Bertz CT molecular complexity index is 991.